The lowest BCUT2D eigenvalue weighted by atomic mass is 10.1. The van der Waals surface area contributed by atoms with E-state index in [4.69, 9.17) is 4.74 Å². The third-order valence-corrected chi connectivity index (χ3v) is 3.54. The minimum atomic E-state index is -1.03. The normalized spacial score (nSPS) is 21.9. The number of alkyl halides is 1. The lowest BCUT2D eigenvalue weighted by molar-refractivity contribution is -0.132. The average Bonchev–Trinajstić information content (AvgIpc) is 2.82. The molecule has 2 atom stereocenters. The molecule has 21 heavy (non-hydrogen) atoms. The van der Waals surface area contributed by atoms with Gasteiger partial charge in [0.2, 0.25) is 5.91 Å². The summed E-state index contributed by atoms with van der Waals surface area (Å²) in [5.74, 6) is 0.617. The maximum Gasteiger partial charge on any atom is 0.227 e. The molecule has 0 spiro atoms. The van der Waals surface area contributed by atoms with Crippen LogP contribution >= 0.6 is 0 Å². The summed E-state index contributed by atoms with van der Waals surface area (Å²) in [5.41, 5.74) is 0.857. The molecule has 1 aromatic carbocycles. The van der Waals surface area contributed by atoms with Crippen molar-refractivity contribution in [3.8, 4) is 5.75 Å². The number of nitrogens with zero attached hydrogens (tertiary/aromatic N) is 1. The number of carbonyl (C=O) groups is 1. The van der Waals surface area contributed by atoms with Crippen molar-refractivity contribution in [2.45, 2.75) is 45.0 Å². The topological polar surface area (TPSA) is 49.8 Å². The van der Waals surface area contributed by atoms with Crippen molar-refractivity contribution >= 4 is 5.91 Å². The Labute approximate surface area is 124 Å². The molecule has 1 aromatic rings. The van der Waals surface area contributed by atoms with Crippen molar-refractivity contribution in [1.29, 1.82) is 0 Å². The number of halogens is 1. The number of hydrogen-bond donors (Lipinski definition) is 1. The predicted octanol–water partition coefficient (Wildman–Crippen LogP) is 1.95. The highest BCUT2D eigenvalue weighted by atomic mass is 19.1. The molecule has 1 amide bonds. The Bertz CT molecular complexity index is 475. The zero-order chi connectivity index (χ0) is 15.4. The fourth-order valence-electron chi connectivity index (χ4n) is 2.57. The minimum Gasteiger partial charge on any atom is -0.491 e. The van der Waals surface area contributed by atoms with Gasteiger partial charge in [-0.05, 0) is 31.5 Å². The number of benzene rings is 1. The van der Waals surface area contributed by atoms with Gasteiger partial charge >= 0.3 is 0 Å². The summed E-state index contributed by atoms with van der Waals surface area (Å²) < 4.78 is 18.9. The summed E-state index contributed by atoms with van der Waals surface area (Å²) in [6.07, 6.45) is -0.490. The van der Waals surface area contributed by atoms with Crippen LogP contribution in [0.2, 0.25) is 0 Å². The molecule has 0 aromatic heterocycles. The standard InChI is InChI=1S/C16H22FNO3/c1-11(2)21-15-5-3-12(4-6-15)7-16(20)18-9-13(17)8-14(18)10-19/h3-6,11,13-14,19H,7-10H2,1-2H3/t13-,14-/m0/s1. The van der Waals surface area contributed by atoms with E-state index in [2.05, 4.69) is 0 Å². The summed E-state index contributed by atoms with van der Waals surface area (Å²) in [5, 5.41) is 9.21. The van der Waals surface area contributed by atoms with E-state index in [1.807, 2.05) is 38.1 Å². The Kier molecular flexibility index (Phi) is 5.17. The van der Waals surface area contributed by atoms with E-state index in [0.29, 0.717) is 0 Å². The molecule has 5 heteroatoms. The predicted molar refractivity (Wildman–Crippen MR) is 78.0 cm³/mol. The van der Waals surface area contributed by atoms with Gasteiger partial charge < -0.3 is 14.7 Å². The Balaban J connectivity index is 1.96. The van der Waals surface area contributed by atoms with Gasteiger partial charge in [0.05, 0.1) is 31.7 Å². The van der Waals surface area contributed by atoms with Crippen LogP contribution in [0.3, 0.4) is 0 Å². The largest absolute Gasteiger partial charge is 0.491 e. The van der Waals surface area contributed by atoms with E-state index < -0.39 is 12.2 Å². The van der Waals surface area contributed by atoms with E-state index in [1.54, 1.807) is 0 Å². The van der Waals surface area contributed by atoms with Crippen LogP contribution in [0, 0.1) is 0 Å². The second kappa shape index (κ2) is 6.89. The lowest BCUT2D eigenvalue weighted by Gasteiger charge is -2.22. The summed E-state index contributed by atoms with van der Waals surface area (Å²) in [4.78, 5) is 13.7. The van der Waals surface area contributed by atoms with Crippen molar-refractivity contribution in [2.75, 3.05) is 13.2 Å². The van der Waals surface area contributed by atoms with Crippen molar-refractivity contribution in [3.05, 3.63) is 29.8 Å². The molecule has 1 heterocycles. The molecule has 116 valence electrons. The summed E-state index contributed by atoms with van der Waals surface area (Å²) in [7, 11) is 0. The highest BCUT2D eigenvalue weighted by molar-refractivity contribution is 5.79. The molecule has 0 bridgehead atoms. The van der Waals surface area contributed by atoms with Crippen LogP contribution in [0.25, 0.3) is 0 Å². The van der Waals surface area contributed by atoms with Crippen LogP contribution < -0.4 is 4.74 Å². The van der Waals surface area contributed by atoms with Crippen molar-refractivity contribution in [3.63, 3.8) is 0 Å². The van der Waals surface area contributed by atoms with Gasteiger partial charge in [-0.2, -0.15) is 0 Å². The van der Waals surface area contributed by atoms with E-state index >= 15 is 0 Å². The third-order valence-electron chi connectivity index (χ3n) is 3.54. The first-order chi connectivity index (χ1) is 9.99. The molecule has 4 nitrogen and oxygen atoms in total. The van der Waals surface area contributed by atoms with Crippen LogP contribution in [0.1, 0.15) is 25.8 Å². The van der Waals surface area contributed by atoms with Gasteiger partial charge in [-0.25, -0.2) is 4.39 Å². The Morgan fingerprint density at radius 1 is 1.43 bits per heavy atom. The molecule has 1 saturated heterocycles. The van der Waals surface area contributed by atoms with Gasteiger partial charge in [0.1, 0.15) is 11.9 Å². The molecule has 1 aliphatic rings. The number of aliphatic hydroxyl groups is 1. The highest BCUT2D eigenvalue weighted by Crippen LogP contribution is 2.22. The highest BCUT2D eigenvalue weighted by Gasteiger charge is 2.34. The zero-order valence-electron chi connectivity index (χ0n) is 12.5. The van der Waals surface area contributed by atoms with Gasteiger partial charge in [0, 0.05) is 6.42 Å². The molecular formula is C16H22FNO3. The first-order valence-electron chi connectivity index (χ1n) is 7.29. The molecule has 2 rings (SSSR count). The fourth-order valence-corrected chi connectivity index (χ4v) is 2.57. The summed E-state index contributed by atoms with van der Waals surface area (Å²) in [6.45, 7) is 3.80. The number of rotatable bonds is 5. The molecule has 1 aliphatic heterocycles. The number of aliphatic hydroxyl groups excluding tert-OH is 1. The van der Waals surface area contributed by atoms with Crippen LogP contribution in [0.4, 0.5) is 4.39 Å². The van der Waals surface area contributed by atoms with Crippen LogP contribution in [-0.4, -0.2) is 47.4 Å². The quantitative estimate of drug-likeness (QED) is 0.903. The number of ether oxygens (including phenoxy) is 1. The smallest absolute Gasteiger partial charge is 0.227 e. The van der Waals surface area contributed by atoms with E-state index in [9.17, 15) is 14.3 Å². The SMILES string of the molecule is CC(C)Oc1ccc(CC(=O)N2C[C@@H](F)C[C@H]2CO)cc1. The second-order valence-electron chi connectivity index (χ2n) is 5.70. The number of carbonyl (C=O) groups excluding carboxylic acids is 1. The molecule has 0 radical (unpaired) electrons. The van der Waals surface area contributed by atoms with E-state index in [-0.39, 0.29) is 38.0 Å². The molecular weight excluding hydrogens is 273 g/mol. The number of likely N-dealkylation sites (tertiary alicyclic amines) is 1. The monoisotopic (exact) mass is 295 g/mol. The maximum atomic E-state index is 13.4. The van der Waals surface area contributed by atoms with Crippen LogP contribution in [0.5, 0.6) is 5.75 Å². The molecule has 1 fully saturated rings. The van der Waals surface area contributed by atoms with E-state index in [0.717, 1.165) is 11.3 Å². The van der Waals surface area contributed by atoms with Crippen LogP contribution in [0.15, 0.2) is 24.3 Å². The average molecular weight is 295 g/mol. The number of amides is 1. The van der Waals surface area contributed by atoms with Crippen molar-refractivity contribution in [2.24, 2.45) is 0 Å². The van der Waals surface area contributed by atoms with Crippen LogP contribution in [-0.2, 0) is 11.2 Å². The van der Waals surface area contributed by atoms with Gasteiger partial charge in [0.15, 0.2) is 0 Å². The molecule has 1 N–H and O–H groups in total. The molecule has 0 saturated carbocycles. The Morgan fingerprint density at radius 3 is 2.67 bits per heavy atom. The van der Waals surface area contributed by atoms with E-state index in [1.165, 1.54) is 4.90 Å². The third kappa shape index (κ3) is 4.17. The van der Waals surface area contributed by atoms with Gasteiger partial charge in [-0.15, -0.1) is 0 Å². The van der Waals surface area contributed by atoms with Gasteiger partial charge in [-0.1, -0.05) is 12.1 Å². The lowest BCUT2D eigenvalue weighted by Crippen LogP contribution is -2.38. The molecule has 0 unspecified atom stereocenters. The van der Waals surface area contributed by atoms with Gasteiger partial charge in [0.25, 0.3) is 0 Å². The first-order valence-corrected chi connectivity index (χ1v) is 7.29. The van der Waals surface area contributed by atoms with Gasteiger partial charge in [-0.3, -0.25) is 4.79 Å². The Morgan fingerprint density at radius 2 is 2.10 bits per heavy atom. The fraction of sp³-hybridized carbons (Fsp3) is 0.562. The molecule has 0 aliphatic carbocycles. The maximum absolute atomic E-state index is 13.4. The minimum absolute atomic E-state index is 0.0819. The summed E-state index contributed by atoms with van der Waals surface area (Å²) >= 11 is 0. The number of hydrogen-bond acceptors (Lipinski definition) is 3. The second-order valence-corrected chi connectivity index (χ2v) is 5.70. The zero-order valence-corrected chi connectivity index (χ0v) is 12.5. The van der Waals surface area contributed by atoms with Crippen molar-refractivity contribution < 1.29 is 19.0 Å². The van der Waals surface area contributed by atoms with Crippen molar-refractivity contribution in [1.82, 2.24) is 4.90 Å². The summed E-state index contributed by atoms with van der Waals surface area (Å²) in [6, 6.07) is 6.94. The Hall–Kier alpha value is -1.62. The first kappa shape index (κ1) is 15.8.